The van der Waals surface area contributed by atoms with Gasteiger partial charge in [0.05, 0.1) is 22.6 Å². The Morgan fingerprint density at radius 2 is 1.59 bits per heavy atom. The highest BCUT2D eigenvalue weighted by atomic mass is 35.5. The van der Waals surface area contributed by atoms with Crippen molar-refractivity contribution in [3.05, 3.63) is 76.1 Å². The Morgan fingerprint density at radius 3 is 2.22 bits per heavy atom. The lowest BCUT2D eigenvalue weighted by Gasteiger charge is -2.34. The van der Waals surface area contributed by atoms with Crippen LogP contribution in [-0.4, -0.2) is 94.6 Å². The van der Waals surface area contributed by atoms with E-state index in [1.165, 1.54) is 0 Å². The third-order valence-corrected chi connectivity index (χ3v) is 10.6. The molecule has 3 aromatic rings. The van der Waals surface area contributed by atoms with Crippen LogP contribution >= 0.6 is 11.6 Å². The van der Waals surface area contributed by atoms with Gasteiger partial charge in [-0.15, -0.1) is 0 Å². The second-order valence-corrected chi connectivity index (χ2v) is 13.7. The summed E-state index contributed by atoms with van der Waals surface area (Å²) in [6.07, 6.45) is 2.22. The molecule has 0 saturated carbocycles. The summed E-state index contributed by atoms with van der Waals surface area (Å²) in [6.45, 7) is 13.7. The Labute approximate surface area is 277 Å². The summed E-state index contributed by atoms with van der Waals surface area (Å²) in [4.78, 5) is 47.6. The van der Waals surface area contributed by atoms with Crippen molar-refractivity contribution in [2.24, 2.45) is 17.8 Å². The number of piperidine rings is 1. The highest BCUT2D eigenvalue weighted by molar-refractivity contribution is 6.31. The van der Waals surface area contributed by atoms with E-state index in [1.807, 2.05) is 88.7 Å². The first-order valence-corrected chi connectivity index (χ1v) is 16.9. The van der Waals surface area contributed by atoms with Crippen LogP contribution in [0.25, 0.3) is 5.69 Å². The molecule has 2 unspecified atom stereocenters. The molecular weight excluding hydrogens is 600 g/mol. The fraction of sp³-hybridized carbons (Fsp3) is 0.500. The van der Waals surface area contributed by atoms with Gasteiger partial charge in [-0.25, -0.2) is 4.68 Å². The monoisotopic (exact) mass is 644 g/mol. The van der Waals surface area contributed by atoms with Crippen LogP contribution < -0.4 is 4.90 Å². The molecule has 4 heterocycles. The van der Waals surface area contributed by atoms with Crippen molar-refractivity contribution in [1.82, 2.24) is 24.5 Å². The van der Waals surface area contributed by atoms with Gasteiger partial charge in [0, 0.05) is 69.4 Å². The van der Waals surface area contributed by atoms with Crippen LogP contribution in [0.2, 0.25) is 5.02 Å². The van der Waals surface area contributed by atoms with E-state index < -0.39 is 0 Å². The summed E-state index contributed by atoms with van der Waals surface area (Å²) in [5.41, 5.74) is 5.14. The van der Waals surface area contributed by atoms with Gasteiger partial charge >= 0.3 is 0 Å². The SMILES string of the molecule is CC(=O)N1CCC(C(=O)N(CCCN2CC3CN(C(=O)c4c(C)nn(-c5ccccc5)c4C)CC3C2)c2ccc(C)c(Cl)c2)CC1. The van der Waals surface area contributed by atoms with Crippen LogP contribution in [0, 0.1) is 38.5 Å². The molecule has 3 saturated heterocycles. The number of aromatic nitrogens is 2. The third kappa shape index (κ3) is 6.58. The van der Waals surface area contributed by atoms with E-state index in [-0.39, 0.29) is 23.6 Å². The summed E-state index contributed by atoms with van der Waals surface area (Å²) in [6, 6.07) is 15.8. The zero-order chi connectivity index (χ0) is 32.5. The number of likely N-dealkylation sites (tertiary alicyclic amines) is 3. The molecule has 3 fully saturated rings. The molecule has 2 atom stereocenters. The summed E-state index contributed by atoms with van der Waals surface area (Å²) in [5, 5.41) is 5.36. The lowest BCUT2D eigenvalue weighted by atomic mass is 9.94. The molecule has 0 bridgehead atoms. The highest BCUT2D eigenvalue weighted by Crippen LogP contribution is 2.33. The molecule has 3 aliphatic heterocycles. The van der Waals surface area contributed by atoms with Gasteiger partial charge < -0.3 is 19.6 Å². The number of carbonyl (C=O) groups excluding carboxylic acids is 3. The molecule has 9 nitrogen and oxygen atoms in total. The fourth-order valence-electron chi connectivity index (χ4n) is 7.60. The second kappa shape index (κ2) is 13.6. The first kappa shape index (κ1) is 32.3. The first-order chi connectivity index (χ1) is 22.1. The normalized spacial score (nSPS) is 20.3. The highest BCUT2D eigenvalue weighted by Gasteiger charge is 2.42. The molecule has 0 N–H and O–H groups in total. The number of nitrogens with zero attached hydrogens (tertiary/aromatic N) is 6. The van der Waals surface area contributed by atoms with Crippen LogP contribution in [-0.2, 0) is 9.59 Å². The lowest BCUT2D eigenvalue weighted by Crippen LogP contribution is -2.44. The van der Waals surface area contributed by atoms with Gasteiger partial charge in [-0.05, 0) is 88.2 Å². The summed E-state index contributed by atoms with van der Waals surface area (Å²) >= 11 is 6.49. The van der Waals surface area contributed by atoms with Gasteiger partial charge in [0.25, 0.3) is 5.91 Å². The van der Waals surface area contributed by atoms with Crippen molar-refractivity contribution in [3.63, 3.8) is 0 Å². The van der Waals surface area contributed by atoms with E-state index in [1.54, 1.807) is 6.92 Å². The standard InChI is InChI=1S/C36H45ClN6O3/c1-24-11-12-32(19-33(24)37)42(35(45)28-13-17-40(18-14-28)27(4)44)16-8-15-39-20-29-22-41(23-30(29)21-39)36(46)34-25(2)38-43(26(34)3)31-9-6-5-7-10-31/h5-7,9-12,19,28-30H,8,13-18,20-23H2,1-4H3. The molecular formula is C36H45ClN6O3. The average molecular weight is 645 g/mol. The van der Waals surface area contributed by atoms with Crippen LogP contribution in [0.15, 0.2) is 48.5 Å². The van der Waals surface area contributed by atoms with Gasteiger partial charge in [0.15, 0.2) is 0 Å². The number of halogens is 1. The predicted octanol–water partition coefficient (Wildman–Crippen LogP) is 5.14. The van der Waals surface area contributed by atoms with Gasteiger partial charge in [0.1, 0.15) is 0 Å². The van der Waals surface area contributed by atoms with E-state index in [0.717, 1.165) is 67.5 Å². The third-order valence-electron chi connectivity index (χ3n) is 10.2. The number of anilines is 1. The molecule has 0 aliphatic carbocycles. The molecule has 1 aromatic heterocycles. The lowest BCUT2D eigenvalue weighted by molar-refractivity contribution is -0.133. The van der Waals surface area contributed by atoms with E-state index in [4.69, 9.17) is 16.7 Å². The van der Waals surface area contributed by atoms with E-state index in [0.29, 0.717) is 54.9 Å². The van der Waals surface area contributed by atoms with Crippen LogP contribution in [0.1, 0.15) is 53.5 Å². The van der Waals surface area contributed by atoms with Crippen molar-refractivity contribution < 1.29 is 14.4 Å². The second-order valence-electron chi connectivity index (χ2n) is 13.3. The van der Waals surface area contributed by atoms with Crippen LogP contribution in [0.4, 0.5) is 5.69 Å². The van der Waals surface area contributed by atoms with Crippen LogP contribution in [0.3, 0.4) is 0 Å². The number of hydrogen-bond donors (Lipinski definition) is 0. The maximum absolute atomic E-state index is 13.8. The number of fused-ring (bicyclic) bond motifs is 1. The Kier molecular flexibility index (Phi) is 9.52. The van der Waals surface area contributed by atoms with Gasteiger partial charge in [0.2, 0.25) is 11.8 Å². The minimum absolute atomic E-state index is 0.0698. The molecule has 0 radical (unpaired) electrons. The fourth-order valence-corrected chi connectivity index (χ4v) is 7.77. The zero-order valence-electron chi connectivity index (χ0n) is 27.4. The van der Waals surface area contributed by atoms with E-state index >= 15 is 0 Å². The maximum atomic E-state index is 13.8. The van der Waals surface area contributed by atoms with Crippen molar-refractivity contribution in [2.75, 3.05) is 57.3 Å². The van der Waals surface area contributed by atoms with Crippen molar-refractivity contribution in [3.8, 4) is 5.69 Å². The van der Waals surface area contributed by atoms with E-state index in [9.17, 15) is 14.4 Å². The first-order valence-electron chi connectivity index (χ1n) is 16.6. The zero-order valence-corrected chi connectivity index (χ0v) is 28.2. The number of rotatable bonds is 8. The number of hydrogen-bond acceptors (Lipinski definition) is 5. The molecule has 3 amide bonds. The average Bonchev–Trinajstić information content (AvgIpc) is 3.71. The van der Waals surface area contributed by atoms with Crippen molar-refractivity contribution in [1.29, 1.82) is 0 Å². The van der Waals surface area contributed by atoms with Gasteiger partial charge in [-0.2, -0.15) is 5.10 Å². The minimum atomic E-state index is -0.0996. The smallest absolute Gasteiger partial charge is 0.257 e. The maximum Gasteiger partial charge on any atom is 0.257 e. The largest absolute Gasteiger partial charge is 0.343 e. The summed E-state index contributed by atoms with van der Waals surface area (Å²) < 4.78 is 1.87. The molecule has 244 valence electrons. The Morgan fingerprint density at radius 1 is 0.913 bits per heavy atom. The topological polar surface area (TPSA) is 82.0 Å². The molecule has 10 heteroatoms. The predicted molar refractivity (Wildman–Crippen MR) is 180 cm³/mol. The van der Waals surface area contributed by atoms with Crippen molar-refractivity contribution >= 4 is 35.0 Å². The minimum Gasteiger partial charge on any atom is -0.343 e. The Hall–Kier alpha value is -3.69. The summed E-state index contributed by atoms with van der Waals surface area (Å²) in [5.74, 6) is 1.08. The quantitative estimate of drug-likeness (QED) is 0.339. The number of benzene rings is 2. The van der Waals surface area contributed by atoms with E-state index in [2.05, 4.69) is 4.90 Å². The molecule has 2 aromatic carbocycles. The Bertz CT molecular complexity index is 1580. The summed E-state index contributed by atoms with van der Waals surface area (Å²) in [7, 11) is 0. The Balaban J connectivity index is 1.05. The molecule has 0 spiro atoms. The van der Waals surface area contributed by atoms with Crippen LogP contribution in [0.5, 0.6) is 0 Å². The molecule has 3 aliphatic rings. The number of aryl methyl sites for hydroxylation is 2. The number of amides is 3. The molecule has 46 heavy (non-hydrogen) atoms. The number of carbonyl (C=O) groups is 3. The molecule has 6 rings (SSSR count). The number of para-hydroxylation sites is 1. The van der Waals surface area contributed by atoms with Gasteiger partial charge in [-0.1, -0.05) is 35.9 Å². The van der Waals surface area contributed by atoms with Gasteiger partial charge in [-0.3, -0.25) is 14.4 Å². The van der Waals surface area contributed by atoms with Crippen molar-refractivity contribution in [2.45, 2.75) is 47.0 Å².